The third-order valence-electron chi connectivity index (χ3n) is 5.42. The Kier molecular flexibility index (Phi) is 4.26. The molecular weight excluding hydrogens is 328 g/mol. The van der Waals surface area contributed by atoms with Gasteiger partial charge in [-0.15, -0.1) is 0 Å². The number of rotatable bonds is 3. The molecule has 4 rings (SSSR count). The number of hydrogen-bond acceptors (Lipinski definition) is 3. The molecule has 0 spiro atoms. The molecule has 1 saturated carbocycles. The van der Waals surface area contributed by atoms with Gasteiger partial charge in [0.2, 0.25) is 5.91 Å². The van der Waals surface area contributed by atoms with Gasteiger partial charge in [0.1, 0.15) is 6.54 Å². The van der Waals surface area contributed by atoms with Crippen LogP contribution in [0.2, 0.25) is 0 Å². The second-order valence-corrected chi connectivity index (χ2v) is 7.47. The van der Waals surface area contributed by atoms with E-state index in [9.17, 15) is 9.59 Å². The van der Waals surface area contributed by atoms with E-state index in [2.05, 4.69) is 17.2 Å². The number of hydrogen-bond donors (Lipinski definition) is 1. The highest BCUT2D eigenvalue weighted by Gasteiger charge is 2.21. The van der Waals surface area contributed by atoms with Crippen molar-refractivity contribution in [1.29, 1.82) is 0 Å². The summed E-state index contributed by atoms with van der Waals surface area (Å²) in [6.07, 6.45) is 4.44. The van der Waals surface area contributed by atoms with Gasteiger partial charge in [0.05, 0.1) is 5.52 Å². The van der Waals surface area contributed by atoms with Gasteiger partial charge in [-0.1, -0.05) is 19.1 Å². The Hall–Kier alpha value is -2.63. The van der Waals surface area contributed by atoms with Crippen LogP contribution in [-0.2, 0) is 11.3 Å². The lowest BCUT2D eigenvalue weighted by Crippen LogP contribution is -2.39. The number of aryl methyl sites for hydroxylation is 1. The maximum Gasteiger partial charge on any atom is 0.273 e. The molecule has 1 amide bonds. The summed E-state index contributed by atoms with van der Waals surface area (Å²) in [5, 5.41) is 4.06. The number of amides is 1. The van der Waals surface area contributed by atoms with Gasteiger partial charge in [-0.3, -0.25) is 14.3 Å². The molecule has 1 aliphatic rings. The minimum absolute atomic E-state index is 0.00491. The van der Waals surface area contributed by atoms with Crippen LogP contribution < -0.4 is 10.9 Å². The summed E-state index contributed by atoms with van der Waals surface area (Å²) in [6.45, 7) is 4.35. The smallest absolute Gasteiger partial charge is 0.273 e. The number of para-hydroxylation sites is 1. The van der Waals surface area contributed by atoms with Crippen LogP contribution in [0.3, 0.4) is 0 Å². The van der Waals surface area contributed by atoms with E-state index < -0.39 is 0 Å². The average Bonchev–Trinajstić information content (AvgIpc) is 2.91. The van der Waals surface area contributed by atoms with E-state index in [1.807, 2.05) is 40.4 Å². The van der Waals surface area contributed by atoms with E-state index >= 15 is 0 Å². The van der Waals surface area contributed by atoms with Crippen LogP contribution in [0.25, 0.3) is 16.6 Å². The number of carbonyl (C=O) groups excluding carboxylic acids is 1. The summed E-state index contributed by atoms with van der Waals surface area (Å²) in [6, 6.07) is 9.53. The van der Waals surface area contributed by atoms with Crippen molar-refractivity contribution in [2.45, 2.75) is 52.1 Å². The van der Waals surface area contributed by atoms with E-state index in [0.717, 1.165) is 35.4 Å². The number of aromatic nitrogens is 3. The Morgan fingerprint density at radius 2 is 1.96 bits per heavy atom. The molecule has 136 valence electrons. The first-order chi connectivity index (χ1) is 12.5. The first-order valence-corrected chi connectivity index (χ1v) is 9.30. The summed E-state index contributed by atoms with van der Waals surface area (Å²) in [7, 11) is 0. The molecule has 1 N–H and O–H groups in total. The molecule has 3 aromatic rings. The van der Waals surface area contributed by atoms with Gasteiger partial charge in [0.25, 0.3) is 5.56 Å². The molecule has 1 aliphatic carbocycles. The summed E-state index contributed by atoms with van der Waals surface area (Å²) in [4.78, 5) is 28.7. The monoisotopic (exact) mass is 352 g/mol. The zero-order valence-electron chi connectivity index (χ0n) is 15.2. The number of nitrogens with zero attached hydrogens (tertiary/aromatic N) is 3. The molecule has 6 heteroatoms. The van der Waals surface area contributed by atoms with E-state index in [1.165, 1.54) is 18.9 Å². The quantitative estimate of drug-likeness (QED) is 0.788. The van der Waals surface area contributed by atoms with Crippen LogP contribution >= 0.6 is 0 Å². The van der Waals surface area contributed by atoms with Gasteiger partial charge >= 0.3 is 0 Å². The first kappa shape index (κ1) is 16.8. The van der Waals surface area contributed by atoms with Crippen LogP contribution in [0, 0.1) is 12.8 Å². The van der Waals surface area contributed by atoms with Crippen molar-refractivity contribution in [2.24, 2.45) is 5.92 Å². The Morgan fingerprint density at radius 1 is 1.23 bits per heavy atom. The minimum atomic E-state index is -0.258. The van der Waals surface area contributed by atoms with Gasteiger partial charge in [-0.05, 0) is 50.7 Å². The fraction of sp³-hybridized carbons (Fsp3) is 0.450. The molecule has 2 heterocycles. The van der Waals surface area contributed by atoms with E-state index in [1.54, 1.807) is 0 Å². The van der Waals surface area contributed by atoms with Crippen LogP contribution in [0.15, 0.2) is 35.1 Å². The predicted octanol–water partition coefficient (Wildman–Crippen LogP) is 2.65. The molecule has 1 aromatic carbocycles. The molecule has 6 nitrogen and oxygen atoms in total. The summed E-state index contributed by atoms with van der Waals surface area (Å²) < 4.78 is 3.78. The largest absolute Gasteiger partial charge is 0.352 e. The fourth-order valence-corrected chi connectivity index (χ4v) is 4.04. The van der Waals surface area contributed by atoms with E-state index in [0.29, 0.717) is 5.65 Å². The van der Waals surface area contributed by atoms with E-state index in [-0.39, 0.29) is 24.1 Å². The molecule has 0 unspecified atom stereocenters. The molecule has 0 radical (unpaired) electrons. The maximum atomic E-state index is 12.7. The lowest BCUT2D eigenvalue weighted by atomic mass is 9.87. The molecule has 0 atom stereocenters. The van der Waals surface area contributed by atoms with Gasteiger partial charge in [0.15, 0.2) is 5.65 Å². The second-order valence-electron chi connectivity index (χ2n) is 7.47. The van der Waals surface area contributed by atoms with Crippen molar-refractivity contribution >= 4 is 22.5 Å². The molecule has 26 heavy (non-hydrogen) atoms. The molecule has 0 bridgehead atoms. The van der Waals surface area contributed by atoms with Crippen molar-refractivity contribution in [2.75, 3.05) is 0 Å². The normalized spacial score (nSPS) is 20.5. The molecular formula is C20H24N4O2. The Labute approximate surface area is 151 Å². The number of benzene rings is 1. The Balaban J connectivity index is 1.69. The van der Waals surface area contributed by atoms with Crippen molar-refractivity contribution in [1.82, 2.24) is 19.5 Å². The fourth-order valence-electron chi connectivity index (χ4n) is 4.04. The zero-order chi connectivity index (χ0) is 18.3. The Morgan fingerprint density at radius 3 is 2.73 bits per heavy atom. The molecule has 2 aromatic heterocycles. The predicted molar refractivity (Wildman–Crippen MR) is 101 cm³/mol. The summed E-state index contributed by atoms with van der Waals surface area (Å²) >= 11 is 0. The highest BCUT2D eigenvalue weighted by Crippen LogP contribution is 2.24. The van der Waals surface area contributed by atoms with Crippen molar-refractivity contribution in [3.63, 3.8) is 0 Å². The SMILES string of the molecule is Cc1cc(=O)nc2c3ccccc3n(CC(=O)NC3CCC(C)CC3)n12. The lowest BCUT2D eigenvalue weighted by molar-refractivity contribution is -0.122. The van der Waals surface area contributed by atoms with Gasteiger partial charge in [-0.25, -0.2) is 4.52 Å². The van der Waals surface area contributed by atoms with Gasteiger partial charge in [-0.2, -0.15) is 4.98 Å². The third kappa shape index (κ3) is 3.00. The molecule has 0 saturated heterocycles. The van der Waals surface area contributed by atoms with Crippen molar-refractivity contribution in [3.8, 4) is 0 Å². The first-order valence-electron chi connectivity index (χ1n) is 9.30. The highest BCUT2D eigenvalue weighted by atomic mass is 16.2. The lowest BCUT2D eigenvalue weighted by Gasteiger charge is -2.27. The van der Waals surface area contributed by atoms with Gasteiger partial charge < -0.3 is 5.32 Å². The van der Waals surface area contributed by atoms with Crippen molar-refractivity contribution < 1.29 is 4.79 Å². The standard InChI is InChI=1S/C20H24N4O2/c1-13-7-9-15(10-8-13)21-19(26)12-23-17-6-4-3-5-16(17)20-22-18(25)11-14(2)24(20)23/h3-6,11,13,15H,7-10,12H2,1-2H3,(H,21,26). The maximum absolute atomic E-state index is 12.7. The zero-order valence-corrected chi connectivity index (χ0v) is 15.2. The Bertz CT molecular complexity index is 1030. The van der Waals surface area contributed by atoms with Crippen LogP contribution in [0.1, 0.15) is 38.3 Å². The molecule has 1 fully saturated rings. The van der Waals surface area contributed by atoms with Crippen molar-refractivity contribution in [3.05, 3.63) is 46.4 Å². The van der Waals surface area contributed by atoms with Crippen LogP contribution in [0.5, 0.6) is 0 Å². The number of nitrogens with one attached hydrogen (secondary N) is 1. The summed E-state index contributed by atoms with van der Waals surface area (Å²) in [5.74, 6) is 0.761. The number of fused-ring (bicyclic) bond motifs is 3. The minimum Gasteiger partial charge on any atom is -0.352 e. The molecule has 0 aliphatic heterocycles. The topological polar surface area (TPSA) is 68.4 Å². The number of carbonyl (C=O) groups is 1. The van der Waals surface area contributed by atoms with Gasteiger partial charge in [0, 0.05) is 23.2 Å². The van der Waals surface area contributed by atoms with E-state index in [4.69, 9.17) is 0 Å². The highest BCUT2D eigenvalue weighted by molar-refractivity contribution is 5.93. The second kappa shape index (κ2) is 6.59. The summed E-state index contributed by atoms with van der Waals surface area (Å²) in [5.41, 5.74) is 2.02. The van der Waals surface area contributed by atoms with Crippen LogP contribution in [0.4, 0.5) is 0 Å². The van der Waals surface area contributed by atoms with Crippen LogP contribution in [-0.4, -0.2) is 26.1 Å². The average molecular weight is 352 g/mol. The third-order valence-corrected chi connectivity index (χ3v) is 5.42.